The van der Waals surface area contributed by atoms with Crippen LogP contribution >= 0.6 is 0 Å². The summed E-state index contributed by atoms with van der Waals surface area (Å²) in [5.41, 5.74) is 6.98. The number of hydrogen-bond acceptors (Lipinski definition) is 3. The summed E-state index contributed by atoms with van der Waals surface area (Å²) >= 11 is 0. The average Bonchev–Trinajstić information content (AvgIpc) is 3.27. The van der Waals surface area contributed by atoms with E-state index in [1.54, 1.807) is 0 Å². The summed E-state index contributed by atoms with van der Waals surface area (Å²) in [5, 5.41) is 21.4. The molecule has 0 amide bonds. The van der Waals surface area contributed by atoms with Crippen LogP contribution < -0.4 is 0 Å². The zero-order valence-corrected chi connectivity index (χ0v) is 26.1. The van der Waals surface area contributed by atoms with Crippen molar-refractivity contribution in [2.75, 3.05) is 0 Å². The Balaban J connectivity index is 0.000000220. The van der Waals surface area contributed by atoms with Crippen LogP contribution in [0.25, 0.3) is 22.2 Å². The quantitative estimate of drug-likeness (QED) is 0.281. The summed E-state index contributed by atoms with van der Waals surface area (Å²) in [4.78, 5) is 4.87. The van der Waals surface area contributed by atoms with E-state index in [9.17, 15) is 10.2 Å². The standard InChI is InChI=1S/C21H22N.C12H22O2.Ir/c1-14-11-15(2)13-16(12-14)19-10-9-17-18(21(3,4)5)7-6-8-20(17)22-19;1-6(2)9-5-8-4-7(3)11(13)10(8)12(9)14;/h6-12H,1-5H3;6-14H,4-5H2,1-3H3;/q-1;;/t;7-,8?,9+,10?,11?,12?;/m.0./s1. The average molecular weight is 679 g/mol. The van der Waals surface area contributed by atoms with Gasteiger partial charge in [0.1, 0.15) is 0 Å². The van der Waals surface area contributed by atoms with Gasteiger partial charge in [-0.1, -0.05) is 79.7 Å². The molecule has 37 heavy (non-hydrogen) atoms. The number of fused-ring (bicyclic) bond motifs is 2. The number of nitrogens with zero attached hydrogens (tertiary/aromatic N) is 1. The number of aryl methyl sites for hydroxylation is 2. The molecule has 4 heteroatoms. The van der Waals surface area contributed by atoms with Crippen LogP contribution in [0.2, 0.25) is 0 Å². The van der Waals surface area contributed by atoms with Crippen LogP contribution in [0.3, 0.4) is 0 Å². The molecule has 2 aromatic carbocycles. The van der Waals surface area contributed by atoms with E-state index in [-0.39, 0.29) is 43.6 Å². The summed E-state index contributed by atoms with van der Waals surface area (Å²) in [6.07, 6.45) is 1.69. The van der Waals surface area contributed by atoms with Crippen molar-refractivity contribution in [1.29, 1.82) is 0 Å². The Bertz CT molecular complexity index is 1190. The predicted octanol–water partition coefficient (Wildman–Crippen LogP) is 7.27. The van der Waals surface area contributed by atoms with Crippen LogP contribution in [0.15, 0.2) is 42.5 Å². The minimum atomic E-state index is -0.265. The van der Waals surface area contributed by atoms with Gasteiger partial charge in [-0.25, -0.2) is 0 Å². The summed E-state index contributed by atoms with van der Waals surface area (Å²) in [5.74, 6) is 2.07. The number of hydrogen-bond donors (Lipinski definition) is 2. The predicted molar refractivity (Wildman–Crippen MR) is 150 cm³/mol. The van der Waals surface area contributed by atoms with E-state index in [2.05, 4.69) is 104 Å². The number of benzene rings is 2. The maximum atomic E-state index is 10.2. The third kappa shape index (κ3) is 6.36. The van der Waals surface area contributed by atoms with E-state index in [0.29, 0.717) is 23.7 Å². The molecule has 5 rings (SSSR count). The first-order chi connectivity index (χ1) is 16.9. The molecular formula is C33H44IrNO2-. The molecule has 203 valence electrons. The molecule has 0 bridgehead atoms. The molecule has 3 nitrogen and oxygen atoms in total. The number of aromatic nitrogens is 1. The van der Waals surface area contributed by atoms with Gasteiger partial charge < -0.3 is 10.2 Å². The van der Waals surface area contributed by atoms with E-state index in [1.165, 1.54) is 16.5 Å². The van der Waals surface area contributed by atoms with Gasteiger partial charge in [0, 0.05) is 31.4 Å². The van der Waals surface area contributed by atoms with Crippen molar-refractivity contribution in [2.45, 2.75) is 85.9 Å². The van der Waals surface area contributed by atoms with Gasteiger partial charge in [-0.15, -0.1) is 34.9 Å². The number of aliphatic hydroxyl groups is 2. The van der Waals surface area contributed by atoms with Crippen molar-refractivity contribution < 1.29 is 30.3 Å². The second-order valence-electron chi connectivity index (χ2n) is 12.7. The molecule has 4 unspecified atom stereocenters. The fourth-order valence-electron chi connectivity index (χ4n) is 6.60. The van der Waals surface area contributed by atoms with Crippen LogP contribution in [0.1, 0.15) is 71.1 Å². The van der Waals surface area contributed by atoms with Gasteiger partial charge in [0.25, 0.3) is 0 Å². The van der Waals surface area contributed by atoms with Crippen molar-refractivity contribution in [3.63, 3.8) is 0 Å². The van der Waals surface area contributed by atoms with Gasteiger partial charge in [0.15, 0.2) is 0 Å². The molecule has 2 aliphatic rings. The van der Waals surface area contributed by atoms with Crippen LogP contribution in [-0.2, 0) is 25.5 Å². The Morgan fingerprint density at radius 3 is 2.27 bits per heavy atom. The fourth-order valence-corrected chi connectivity index (χ4v) is 6.60. The molecule has 2 fully saturated rings. The molecule has 1 aromatic heterocycles. The van der Waals surface area contributed by atoms with Crippen molar-refractivity contribution in [1.82, 2.24) is 4.98 Å². The van der Waals surface area contributed by atoms with Gasteiger partial charge >= 0.3 is 0 Å². The minimum Gasteiger partial charge on any atom is -0.392 e. The molecule has 3 aromatic rings. The second kappa shape index (κ2) is 11.7. The summed E-state index contributed by atoms with van der Waals surface area (Å²) in [6, 6.07) is 18.4. The first kappa shape index (κ1) is 30.0. The maximum Gasteiger partial charge on any atom is 0.0626 e. The van der Waals surface area contributed by atoms with Crippen LogP contribution in [-0.4, -0.2) is 27.4 Å². The minimum absolute atomic E-state index is 0. The van der Waals surface area contributed by atoms with E-state index in [0.717, 1.165) is 35.2 Å². The monoisotopic (exact) mass is 679 g/mol. The Labute approximate surface area is 237 Å². The van der Waals surface area contributed by atoms with Crippen molar-refractivity contribution in [3.05, 3.63) is 65.2 Å². The molecule has 1 heterocycles. The topological polar surface area (TPSA) is 53.4 Å². The molecule has 6 atom stereocenters. The fraction of sp³-hybridized carbons (Fsp3) is 0.545. The van der Waals surface area contributed by atoms with Gasteiger partial charge in [-0.2, -0.15) is 0 Å². The summed E-state index contributed by atoms with van der Waals surface area (Å²) in [7, 11) is 0. The molecule has 2 aliphatic carbocycles. The molecule has 1 radical (unpaired) electrons. The van der Waals surface area contributed by atoms with Crippen molar-refractivity contribution in [3.8, 4) is 11.3 Å². The van der Waals surface area contributed by atoms with Crippen molar-refractivity contribution >= 4 is 10.9 Å². The van der Waals surface area contributed by atoms with Gasteiger partial charge in [-0.05, 0) is 59.3 Å². The third-order valence-corrected chi connectivity index (χ3v) is 8.42. The first-order valence-corrected chi connectivity index (χ1v) is 13.6. The van der Waals surface area contributed by atoms with Crippen molar-refractivity contribution in [2.24, 2.45) is 29.6 Å². The molecule has 2 saturated carbocycles. The molecule has 0 saturated heterocycles. The van der Waals surface area contributed by atoms with E-state index in [4.69, 9.17) is 4.98 Å². The number of pyridine rings is 1. The van der Waals surface area contributed by atoms with E-state index >= 15 is 0 Å². The smallest absolute Gasteiger partial charge is 0.0626 e. The molecular weight excluding hydrogens is 635 g/mol. The number of aliphatic hydroxyl groups excluding tert-OH is 2. The maximum absolute atomic E-state index is 10.2. The summed E-state index contributed by atoms with van der Waals surface area (Å²) in [6.45, 7) is 17.4. The Morgan fingerprint density at radius 1 is 0.973 bits per heavy atom. The molecule has 0 aliphatic heterocycles. The Morgan fingerprint density at radius 2 is 1.68 bits per heavy atom. The second-order valence-corrected chi connectivity index (χ2v) is 12.7. The Kier molecular flexibility index (Phi) is 9.44. The first-order valence-electron chi connectivity index (χ1n) is 13.6. The molecule has 2 N–H and O–H groups in total. The zero-order valence-electron chi connectivity index (χ0n) is 23.7. The largest absolute Gasteiger partial charge is 0.392 e. The number of rotatable bonds is 2. The zero-order chi connectivity index (χ0) is 26.4. The van der Waals surface area contributed by atoms with Crippen LogP contribution in [0, 0.1) is 49.5 Å². The Hall–Kier alpha value is -1.58. The van der Waals surface area contributed by atoms with E-state index in [1.807, 2.05) is 0 Å². The van der Waals surface area contributed by atoms with Crippen LogP contribution in [0.4, 0.5) is 0 Å². The van der Waals surface area contributed by atoms with E-state index < -0.39 is 0 Å². The van der Waals surface area contributed by atoms with Gasteiger partial charge in [0.2, 0.25) is 0 Å². The SMILES string of the molecule is CC(C)[C@H]1CC2C[C@H](C)C(O)C2C1O.Cc1[c-]c(-c2ccc3c(C(C)(C)C)cccc3n2)cc(C)c1.[Ir]. The van der Waals surface area contributed by atoms with Gasteiger partial charge in [-0.3, -0.25) is 4.98 Å². The molecule has 0 spiro atoms. The van der Waals surface area contributed by atoms with Gasteiger partial charge in [0.05, 0.1) is 17.7 Å². The normalized spacial score (nSPS) is 27.0. The van der Waals surface area contributed by atoms with Crippen LogP contribution in [0.5, 0.6) is 0 Å². The summed E-state index contributed by atoms with van der Waals surface area (Å²) < 4.78 is 0. The third-order valence-electron chi connectivity index (χ3n) is 8.42.